The van der Waals surface area contributed by atoms with Crippen LogP contribution in [0.15, 0.2) is 24.3 Å². The summed E-state index contributed by atoms with van der Waals surface area (Å²) in [7, 11) is 0. The number of rotatable bonds is 4. The third-order valence-corrected chi connectivity index (χ3v) is 4.86. The number of carbonyl (C=O) groups excluding carboxylic acids is 1. The van der Waals surface area contributed by atoms with E-state index in [0.717, 1.165) is 19.3 Å². The number of hydrogen-bond donors (Lipinski definition) is 2. The summed E-state index contributed by atoms with van der Waals surface area (Å²) >= 11 is 0. The summed E-state index contributed by atoms with van der Waals surface area (Å²) in [6.45, 7) is 4.71. The highest BCUT2D eigenvalue weighted by molar-refractivity contribution is 5.84. The lowest BCUT2D eigenvalue weighted by molar-refractivity contribution is -0.124. The molecule has 0 aliphatic heterocycles. The molecule has 0 saturated heterocycles. The van der Waals surface area contributed by atoms with Crippen LogP contribution in [0.3, 0.4) is 0 Å². The van der Waals surface area contributed by atoms with Crippen molar-refractivity contribution in [3.63, 3.8) is 0 Å². The summed E-state index contributed by atoms with van der Waals surface area (Å²) in [6, 6.07) is 8.59. The van der Waals surface area contributed by atoms with E-state index in [4.69, 9.17) is 5.73 Å². The average Bonchev–Trinajstić information content (AvgIpc) is 3.12. The molecule has 1 fully saturated rings. The minimum absolute atomic E-state index is 0.177. The number of carbonyl (C=O) groups is 1. The molecule has 0 aromatic heterocycles. The van der Waals surface area contributed by atoms with Crippen molar-refractivity contribution in [1.82, 2.24) is 5.32 Å². The Labute approximate surface area is 120 Å². The summed E-state index contributed by atoms with van der Waals surface area (Å²) < 4.78 is 0. The van der Waals surface area contributed by atoms with E-state index in [2.05, 4.69) is 43.4 Å². The molecule has 0 spiro atoms. The van der Waals surface area contributed by atoms with Gasteiger partial charge in [-0.25, -0.2) is 0 Å². The van der Waals surface area contributed by atoms with E-state index in [9.17, 15) is 4.79 Å². The van der Waals surface area contributed by atoms with Gasteiger partial charge in [-0.1, -0.05) is 24.3 Å². The molecule has 0 radical (unpaired) electrons. The topological polar surface area (TPSA) is 55.1 Å². The fraction of sp³-hybridized carbons (Fsp3) is 0.588. The third kappa shape index (κ3) is 2.35. The second-order valence-corrected chi connectivity index (χ2v) is 6.86. The number of benzene rings is 1. The smallest absolute Gasteiger partial charge is 0.224 e. The molecule has 20 heavy (non-hydrogen) atoms. The summed E-state index contributed by atoms with van der Waals surface area (Å²) in [5.74, 6) is 1.40. The first kappa shape index (κ1) is 13.6. The normalized spacial score (nSPS) is 27.4. The average molecular weight is 272 g/mol. The van der Waals surface area contributed by atoms with Crippen LogP contribution < -0.4 is 11.1 Å². The molecule has 0 heterocycles. The number of amides is 1. The van der Waals surface area contributed by atoms with Crippen LogP contribution in [0.2, 0.25) is 0 Å². The van der Waals surface area contributed by atoms with Crippen LogP contribution in [-0.2, 0) is 11.2 Å². The predicted molar refractivity (Wildman–Crippen MR) is 80.4 cm³/mol. The summed E-state index contributed by atoms with van der Waals surface area (Å²) in [4.78, 5) is 12.5. The Morgan fingerprint density at radius 1 is 1.40 bits per heavy atom. The molecule has 2 aliphatic rings. The zero-order valence-electron chi connectivity index (χ0n) is 12.4. The zero-order chi connectivity index (χ0) is 14.3. The molecule has 3 rings (SSSR count). The van der Waals surface area contributed by atoms with E-state index in [0.29, 0.717) is 18.4 Å². The van der Waals surface area contributed by atoms with Crippen LogP contribution >= 0.6 is 0 Å². The number of aryl methyl sites for hydroxylation is 1. The van der Waals surface area contributed by atoms with Crippen molar-refractivity contribution < 1.29 is 4.79 Å². The lowest BCUT2D eigenvalue weighted by Crippen LogP contribution is -2.45. The van der Waals surface area contributed by atoms with Gasteiger partial charge in [0.1, 0.15) is 0 Å². The van der Waals surface area contributed by atoms with Gasteiger partial charge in [0.2, 0.25) is 5.91 Å². The fourth-order valence-electron chi connectivity index (χ4n) is 3.76. The van der Waals surface area contributed by atoms with Gasteiger partial charge < -0.3 is 11.1 Å². The predicted octanol–water partition coefficient (Wildman–Crippen LogP) is 2.21. The highest BCUT2D eigenvalue weighted by Gasteiger charge is 2.57. The monoisotopic (exact) mass is 272 g/mol. The number of fused-ring (bicyclic) bond motifs is 3. The lowest BCUT2D eigenvalue weighted by Gasteiger charge is -2.25. The Kier molecular flexibility index (Phi) is 3.33. The molecule has 3 atom stereocenters. The second-order valence-electron chi connectivity index (χ2n) is 6.86. The Bertz CT molecular complexity index is 523. The first-order valence-electron chi connectivity index (χ1n) is 7.63. The van der Waals surface area contributed by atoms with E-state index < -0.39 is 0 Å². The standard InChI is InChI=1S/C17H24N2O/c1-17(2,9-10-18)19-16(20)15-13-8-7-11-5-3-4-6-12(11)14(13)15/h3-6,13-15H,7-10,18H2,1-2H3,(H,19,20). The van der Waals surface area contributed by atoms with Gasteiger partial charge in [0.25, 0.3) is 0 Å². The van der Waals surface area contributed by atoms with Crippen molar-refractivity contribution in [1.29, 1.82) is 0 Å². The fourth-order valence-corrected chi connectivity index (χ4v) is 3.76. The van der Waals surface area contributed by atoms with Crippen molar-refractivity contribution >= 4 is 5.91 Å². The van der Waals surface area contributed by atoms with Gasteiger partial charge in [0.05, 0.1) is 0 Å². The van der Waals surface area contributed by atoms with E-state index in [1.807, 2.05) is 0 Å². The molecule has 3 heteroatoms. The van der Waals surface area contributed by atoms with Gasteiger partial charge in [-0.05, 0) is 62.6 Å². The Hall–Kier alpha value is -1.35. The van der Waals surface area contributed by atoms with Crippen LogP contribution in [0.25, 0.3) is 0 Å². The van der Waals surface area contributed by atoms with Gasteiger partial charge in [0.15, 0.2) is 0 Å². The van der Waals surface area contributed by atoms with E-state index in [1.54, 1.807) is 0 Å². The zero-order valence-corrected chi connectivity index (χ0v) is 12.4. The molecule has 3 N–H and O–H groups in total. The molecular formula is C17H24N2O. The highest BCUT2D eigenvalue weighted by atomic mass is 16.2. The third-order valence-electron chi connectivity index (χ3n) is 4.86. The van der Waals surface area contributed by atoms with Crippen molar-refractivity contribution in [2.75, 3.05) is 6.54 Å². The van der Waals surface area contributed by atoms with Crippen LogP contribution in [-0.4, -0.2) is 18.0 Å². The largest absolute Gasteiger partial charge is 0.351 e. The molecular weight excluding hydrogens is 248 g/mol. The molecule has 3 nitrogen and oxygen atoms in total. The molecule has 1 aromatic rings. The first-order valence-corrected chi connectivity index (χ1v) is 7.63. The minimum atomic E-state index is -0.197. The van der Waals surface area contributed by atoms with Crippen molar-refractivity contribution in [3.05, 3.63) is 35.4 Å². The summed E-state index contributed by atoms with van der Waals surface area (Å²) in [5, 5.41) is 3.19. The van der Waals surface area contributed by atoms with Crippen molar-refractivity contribution in [2.45, 2.75) is 44.6 Å². The van der Waals surface area contributed by atoms with Gasteiger partial charge in [-0.2, -0.15) is 0 Å². The summed E-state index contributed by atoms with van der Waals surface area (Å²) in [5.41, 5.74) is 8.25. The van der Waals surface area contributed by atoms with E-state index in [-0.39, 0.29) is 17.4 Å². The maximum atomic E-state index is 12.5. The number of nitrogens with two attached hydrogens (primary N) is 1. The van der Waals surface area contributed by atoms with Crippen LogP contribution in [0.1, 0.15) is 43.7 Å². The van der Waals surface area contributed by atoms with Crippen molar-refractivity contribution in [2.24, 2.45) is 17.6 Å². The van der Waals surface area contributed by atoms with Gasteiger partial charge in [-0.15, -0.1) is 0 Å². The Balaban J connectivity index is 1.71. The molecule has 1 saturated carbocycles. The van der Waals surface area contributed by atoms with E-state index >= 15 is 0 Å². The maximum Gasteiger partial charge on any atom is 0.224 e. The van der Waals surface area contributed by atoms with E-state index in [1.165, 1.54) is 11.1 Å². The Morgan fingerprint density at radius 3 is 2.90 bits per heavy atom. The van der Waals surface area contributed by atoms with Crippen LogP contribution in [0, 0.1) is 11.8 Å². The molecule has 1 aromatic carbocycles. The van der Waals surface area contributed by atoms with Crippen LogP contribution in [0.4, 0.5) is 0 Å². The maximum absolute atomic E-state index is 12.5. The first-order chi connectivity index (χ1) is 9.53. The number of hydrogen-bond acceptors (Lipinski definition) is 2. The van der Waals surface area contributed by atoms with Gasteiger partial charge in [0, 0.05) is 11.5 Å². The second kappa shape index (κ2) is 4.88. The minimum Gasteiger partial charge on any atom is -0.351 e. The van der Waals surface area contributed by atoms with Crippen molar-refractivity contribution in [3.8, 4) is 0 Å². The SMILES string of the molecule is CC(C)(CCN)NC(=O)C1C2CCc3ccccc3C21. The number of nitrogens with one attached hydrogen (secondary N) is 1. The molecule has 108 valence electrons. The van der Waals surface area contributed by atoms with Gasteiger partial charge in [-0.3, -0.25) is 4.79 Å². The van der Waals surface area contributed by atoms with Gasteiger partial charge >= 0.3 is 0 Å². The summed E-state index contributed by atoms with van der Waals surface area (Å²) in [6.07, 6.45) is 3.09. The lowest BCUT2D eigenvalue weighted by atomic mass is 9.92. The molecule has 3 unspecified atom stereocenters. The molecule has 0 bridgehead atoms. The van der Waals surface area contributed by atoms with Crippen LogP contribution in [0.5, 0.6) is 0 Å². The Morgan fingerprint density at radius 2 is 2.15 bits per heavy atom. The quantitative estimate of drug-likeness (QED) is 0.883. The molecule has 1 amide bonds. The molecule has 2 aliphatic carbocycles. The highest BCUT2D eigenvalue weighted by Crippen LogP contribution is 2.59.